The van der Waals surface area contributed by atoms with Gasteiger partial charge in [0.15, 0.2) is 11.5 Å². The van der Waals surface area contributed by atoms with Crippen LogP contribution in [0.25, 0.3) is 0 Å². The van der Waals surface area contributed by atoms with Gasteiger partial charge < -0.3 is 20.5 Å². The van der Waals surface area contributed by atoms with Crippen molar-refractivity contribution >= 4 is 11.3 Å². The van der Waals surface area contributed by atoms with Gasteiger partial charge in [-0.15, -0.1) is 0 Å². The zero-order valence-corrected chi connectivity index (χ0v) is 9.75. The molecule has 0 aliphatic carbocycles. The fourth-order valence-corrected chi connectivity index (χ4v) is 2.03. The molecular formula is C11H12N2O3S. The highest BCUT2D eigenvalue weighted by molar-refractivity contribution is 7.07. The summed E-state index contributed by atoms with van der Waals surface area (Å²) in [6, 6.07) is 4.81. The van der Waals surface area contributed by atoms with Crippen molar-refractivity contribution in [3.05, 3.63) is 44.5 Å². The van der Waals surface area contributed by atoms with E-state index in [0.717, 1.165) is 17.0 Å². The molecule has 0 aliphatic heterocycles. The van der Waals surface area contributed by atoms with E-state index in [1.165, 1.54) is 6.07 Å². The van der Waals surface area contributed by atoms with Gasteiger partial charge in [-0.25, -0.2) is 0 Å². The molecule has 17 heavy (non-hydrogen) atoms. The maximum absolute atomic E-state index is 10.9. The van der Waals surface area contributed by atoms with Gasteiger partial charge in [0.2, 0.25) is 0 Å². The summed E-state index contributed by atoms with van der Waals surface area (Å²) in [6.07, 6.45) is 0. The molecular weight excluding hydrogens is 240 g/mol. The van der Waals surface area contributed by atoms with Crippen molar-refractivity contribution in [3.63, 3.8) is 0 Å². The molecule has 0 amide bonds. The smallest absolute Gasteiger partial charge is 0.304 e. The third-order valence-electron chi connectivity index (χ3n) is 2.30. The summed E-state index contributed by atoms with van der Waals surface area (Å²) in [4.78, 5) is 13.5. The van der Waals surface area contributed by atoms with E-state index in [9.17, 15) is 15.0 Å². The van der Waals surface area contributed by atoms with Crippen molar-refractivity contribution in [1.29, 1.82) is 0 Å². The number of para-hydroxylation sites is 1. The van der Waals surface area contributed by atoms with Gasteiger partial charge in [0, 0.05) is 29.7 Å². The lowest BCUT2D eigenvalue weighted by Crippen LogP contribution is -2.13. The Morgan fingerprint density at radius 1 is 1.29 bits per heavy atom. The van der Waals surface area contributed by atoms with Gasteiger partial charge in [-0.3, -0.25) is 4.79 Å². The summed E-state index contributed by atoms with van der Waals surface area (Å²) in [5, 5.41) is 23.7. The number of aromatic hydroxyl groups is 2. The van der Waals surface area contributed by atoms with Crippen LogP contribution in [-0.4, -0.2) is 15.2 Å². The molecule has 6 heteroatoms. The van der Waals surface area contributed by atoms with Gasteiger partial charge in [0.25, 0.3) is 0 Å². The maximum atomic E-state index is 10.9. The summed E-state index contributed by atoms with van der Waals surface area (Å²) < 4.78 is 0. The van der Waals surface area contributed by atoms with Gasteiger partial charge in [-0.05, 0) is 6.07 Å². The van der Waals surface area contributed by atoms with E-state index in [1.54, 1.807) is 17.5 Å². The first-order valence-electron chi connectivity index (χ1n) is 5.04. The van der Waals surface area contributed by atoms with Crippen LogP contribution in [0.2, 0.25) is 0 Å². The Morgan fingerprint density at radius 2 is 2.12 bits per heavy atom. The number of benzene rings is 1. The molecule has 1 aromatic carbocycles. The molecule has 0 spiro atoms. The predicted octanol–water partition coefficient (Wildman–Crippen LogP) is 1.14. The molecule has 0 fully saturated rings. The minimum atomic E-state index is -0.131. The minimum absolute atomic E-state index is 0.0815. The van der Waals surface area contributed by atoms with Crippen molar-refractivity contribution in [2.45, 2.75) is 13.1 Å². The number of phenols is 2. The Bertz CT molecular complexity index is 562. The van der Waals surface area contributed by atoms with Gasteiger partial charge in [-0.1, -0.05) is 23.5 Å². The fraction of sp³-hybridized carbons (Fsp3) is 0.182. The molecule has 0 bridgehead atoms. The molecule has 90 valence electrons. The fourth-order valence-electron chi connectivity index (χ4n) is 1.45. The molecule has 4 N–H and O–H groups in total. The van der Waals surface area contributed by atoms with Gasteiger partial charge in [-0.2, -0.15) is 0 Å². The molecule has 0 aliphatic rings. The standard InChI is InChI=1S/C11H12N2O3S/c14-9-3-1-2-7(10(9)15)4-12-5-8-6-17-11(16)13-8/h1-3,6,12,14-15H,4-5H2,(H,13,16). The zero-order valence-electron chi connectivity index (χ0n) is 8.93. The van der Waals surface area contributed by atoms with Crippen molar-refractivity contribution < 1.29 is 10.2 Å². The molecule has 0 radical (unpaired) electrons. The first-order chi connectivity index (χ1) is 8.16. The van der Waals surface area contributed by atoms with Crippen LogP contribution in [0, 0.1) is 0 Å². The van der Waals surface area contributed by atoms with E-state index in [1.807, 2.05) is 0 Å². The lowest BCUT2D eigenvalue weighted by Gasteiger charge is -2.06. The van der Waals surface area contributed by atoms with Crippen LogP contribution in [0.15, 0.2) is 28.4 Å². The second-order valence-corrected chi connectivity index (χ2v) is 4.40. The third-order valence-corrected chi connectivity index (χ3v) is 3.02. The van der Waals surface area contributed by atoms with Crippen LogP contribution in [0.1, 0.15) is 11.3 Å². The molecule has 5 nitrogen and oxygen atoms in total. The van der Waals surface area contributed by atoms with E-state index < -0.39 is 0 Å². The van der Waals surface area contributed by atoms with Crippen molar-refractivity contribution in [3.8, 4) is 11.5 Å². The number of nitrogens with one attached hydrogen (secondary N) is 2. The number of phenolic OH excluding ortho intramolecular Hbond substituents is 2. The second-order valence-electron chi connectivity index (χ2n) is 3.56. The summed E-state index contributed by atoms with van der Waals surface area (Å²) in [6.45, 7) is 0.923. The highest BCUT2D eigenvalue weighted by atomic mass is 32.1. The van der Waals surface area contributed by atoms with Crippen LogP contribution < -0.4 is 10.2 Å². The van der Waals surface area contributed by atoms with E-state index in [0.29, 0.717) is 18.7 Å². The number of aromatic amines is 1. The highest BCUT2D eigenvalue weighted by Crippen LogP contribution is 2.27. The van der Waals surface area contributed by atoms with Crippen molar-refractivity contribution in [2.24, 2.45) is 0 Å². The minimum Gasteiger partial charge on any atom is -0.504 e. The number of thiazole rings is 1. The Kier molecular flexibility index (Phi) is 3.46. The average molecular weight is 252 g/mol. The predicted molar refractivity (Wildman–Crippen MR) is 65.3 cm³/mol. The zero-order chi connectivity index (χ0) is 12.3. The molecule has 0 saturated heterocycles. The summed E-state index contributed by atoms with van der Waals surface area (Å²) >= 11 is 1.12. The Morgan fingerprint density at radius 3 is 2.82 bits per heavy atom. The van der Waals surface area contributed by atoms with Gasteiger partial charge in [0.05, 0.1) is 0 Å². The molecule has 1 heterocycles. The lowest BCUT2D eigenvalue weighted by molar-refractivity contribution is 0.397. The van der Waals surface area contributed by atoms with Gasteiger partial charge >= 0.3 is 4.87 Å². The first kappa shape index (κ1) is 11.7. The van der Waals surface area contributed by atoms with E-state index in [4.69, 9.17) is 0 Å². The average Bonchev–Trinajstić information content (AvgIpc) is 2.70. The second kappa shape index (κ2) is 5.03. The number of rotatable bonds is 4. The van der Waals surface area contributed by atoms with Crippen LogP contribution >= 0.6 is 11.3 Å². The molecule has 0 saturated carbocycles. The van der Waals surface area contributed by atoms with Crippen LogP contribution in [0.4, 0.5) is 0 Å². The normalized spacial score (nSPS) is 10.6. The monoisotopic (exact) mass is 252 g/mol. The van der Waals surface area contributed by atoms with E-state index in [2.05, 4.69) is 10.3 Å². The van der Waals surface area contributed by atoms with Crippen molar-refractivity contribution in [2.75, 3.05) is 0 Å². The van der Waals surface area contributed by atoms with E-state index >= 15 is 0 Å². The number of hydrogen-bond acceptors (Lipinski definition) is 5. The number of hydrogen-bond donors (Lipinski definition) is 4. The summed E-state index contributed by atoms with van der Waals surface area (Å²) in [7, 11) is 0. The lowest BCUT2D eigenvalue weighted by atomic mass is 10.2. The highest BCUT2D eigenvalue weighted by Gasteiger charge is 2.05. The van der Waals surface area contributed by atoms with Crippen LogP contribution in [0.5, 0.6) is 11.5 Å². The number of H-pyrrole nitrogens is 1. The van der Waals surface area contributed by atoms with E-state index in [-0.39, 0.29) is 16.4 Å². The van der Waals surface area contributed by atoms with Crippen LogP contribution in [0.3, 0.4) is 0 Å². The molecule has 1 aromatic heterocycles. The Hall–Kier alpha value is -1.79. The largest absolute Gasteiger partial charge is 0.504 e. The summed E-state index contributed by atoms with van der Waals surface area (Å²) in [5.74, 6) is -0.243. The quantitative estimate of drug-likeness (QED) is 0.615. The Labute approximate surface area is 101 Å². The van der Waals surface area contributed by atoms with Crippen LogP contribution in [-0.2, 0) is 13.1 Å². The van der Waals surface area contributed by atoms with Crippen molar-refractivity contribution in [1.82, 2.24) is 10.3 Å². The SMILES string of the molecule is O=c1[nH]c(CNCc2cccc(O)c2O)cs1. The van der Waals surface area contributed by atoms with Gasteiger partial charge in [0.1, 0.15) is 0 Å². The summed E-state index contributed by atoms with van der Waals surface area (Å²) in [5.41, 5.74) is 1.42. The first-order valence-corrected chi connectivity index (χ1v) is 5.92. The molecule has 2 rings (SSSR count). The third kappa shape index (κ3) is 2.86. The molecule has 0 unspecified atom stereocenters. The maximum Gasteiger partial charge on any atom is 0.304 e. The molecule has 2 aromatic rings. The number of aromatic nitrogens is 1. The molecule has 0 atom stereocenters. The topological polar surface area (TPSA) is 85.4 Å². The Balaban J connectivity index is 1.94.